The minimum absolute atomic E-state index is 0.0797. The summed E-state index contributed by atoms with van der Waals surface area (Å²) in [5, 5.41) is 6.19. The predicted octanol–water partition coefficient (Wildman–Crippen LogP) is 13.5. The molecule has 0 radical (unpaired) electrons. The molecule has 0 bridgehead atoms. The third kappa shape index (κ3) is 32.1. The molecule has 0 atom stereocenters. The molecule has 0 fully saturated rings. The lowest BCUT2D eigenvalue weighted by Crippen LogP contribution is -2.27. The summed E-state index contributed by atoms with van der Waals surface area (Å²) < 4.78 is 0. The van der Waals surface area contributed by atoms with Gasteiger partial charge in [-0.2, -0.15) is 0 Å². The Kier molecular flexibility index (Phi) is 34.1. The molecule has 1 aromatic rings. The molecule has 0 aliphatic rings. The topological polar surface area (TPSA) is 58.2 Å². The lowest BCUT2D eigenvalue weighted by atomic mass is 10.0. The van der Waals surface area contributed by atoms with Gasteiger partial charge in [0.2, 0.25) is 11.8 Å². The lowest BCUT2D eigenvalue weighted by molar-refractivity contribution is -0.121. The van der Waals surface area contributed by atoms with Crippen LogP contribution in [0.3, 0.4) is 0 Å². The Balaban J connectivity index is 1.93. The molecule has 1 rings (SSSR count). The molecule has 4 heteroatoms. The average molecular weight is 697 g/mol. The second kappa shape index (κ2) is 36.9. The van der Waals surface area contributed by atoms with Crippen LogP contribution in [0.15, 0.2) is 24.3 Å². The number of rotatable bonds is 38. The summed E-state index contributed by atoms with van der Waals surface area (Å²) in [5.74, 6) is 0.159. The molecule has 0 heterocycles. The molecule has 0 unspecified atom stereocenters. The van der Waals surface area contributed by atoms with E-state index in [9.17, 15) is 9.59 Å². The second-order valence-corrected chi connectivity index (χ2v) is 15.5. The third-order valence-corrected chi connectivity index (χ3v) is 10.4. The Morgan fingerprint density at radius 3 is 0.880 bits per heavy atom. The van der Waals surface area contributed by atoms with Crippen molar-refractivity contribution in [2.24, 2.45) is 0 Å². The van der Waals surface area contributed by atoms with E-state index in [2.05, 4.69) is 24.5 Å². The van der Waals surface area contributed by atoms with Gasteiger partial charge in [-0.05, 0) is 24.0 Å². The summed E-state index contributed by atoms with van der Waals surface area (Å²) in [6.07, 6.45) is 44.3. The van der Waals surface area contributed by atoms with Crippen LogP contribution in [0.5, 0.6) is 0 Å². The zero-order valence-electron chi connectivity index (χ0n) is 33.6. The van der Waals surface area contributed by atoms with Crippen LogP contribution in [-0.2, 0) is 22.4 Å². The van der Waals surface area contributed by atoms with E-state index in [-0.39, 0.29) is 11.8 Å². The van der Waals surface area contributed by atoms with Gasteiger partial charge in [0, 0.05) is 13.1 Å². The fourth-order valence-electron chi connectivity index (χ4n) is 7.15. The number of carbonyl (C=O) groups is 2. The van der Waals surface area contributed by atoms with Gasteiger partial charge in [-0.1, -0.05) is 231 Å². The predicted molar refractivity (Wildman–Crippen MR) is 219 cm³/mol. The Morgan fingerprint density at radius 2 is 0.620 bits per heavy atom. The number of nitrogens with one attached hydrogen (secondary N) is 2. The number of unbranched alkanes of at least 4 members (excludes halogenated alkanes) is 30. The van der Waals surface area contributed by atoms with E-state index in [4.69, 9.17) is 0 Å². The highest BCUT2D eigenvalue weighted by Gasteiger charge is 2.07. The van der Waals surface area contributed by atoms with Crippen LogP contribution in [0, 0.1) is 0 Å². The van der Waals surface area contributed by atoms with Crippen LogP contribution in [0.1, 0.15) is 230 Å². The summed E-state index contributed by atoms with van der Waals surface area (Å²) in [6, 6.07) is 7.97. The molecule has 0 aliphatic carbocycles. The van der Waals surface area contributed by atoms with E-state index in [1.807, 2.05) is 24.3 Å². The lowest BCUT2D eigenvalue weighted by Gasteiger charge is -2.08. The highest BCUT2D eigenvalue weighted by molar-refractivity contribution is 5.80. The molecular formula is C46H84N2O2. The maximum absolute atomic E-state index is 12.5. The molecular weight excluding hydrogens is 613 g/mol. The monoisotopic (exact) mass is 697 g/mol. The molecule has 0 saturated carbocycles. The third-order valence-electron chi connectivity index (χ3n) is 10.4. The Hall–Kier alpha value is -1.84. The smallest absolute Gasteiger partial charge is 0.224 e. The fraction of sp³-hybridized carbons (Fsp3) is 0.826. The van der Waals surface area contributed by atoms with Gasteiger partial charge in [-0.3, -0.25) is 9.59 Å². The van der Waals surface area contributed by atoms with Crippen molar-refractivity contribution in [3.63, 3.8) is 0 Å². The first kappa shape index (κ1) is 46.2. The molecule has 2 N–H and O–H groups in total. The van der Waals surface area contributed by atoms with Crippen LogP contribution >= 0.6 is 0 Å². The van der Waals surface area contributed by atoms with E-state index in [0.29, 0.717) is 12.8 Å². The SMILES string of the molecule is CCCCCCCCCCCCCCCCCCNC(=O)Cc1cccc(CC(=O)NCCCCCCCCCCCCCCCCCC)c1. The standard InChI is InChI=1S/C46H84N2O2/c1-3-5-7-9-11-13-15-17-19-21-23-25-27-29-31-33-38-47-45(49)41-43-36-35-37-44(40-43)42-46(50)48-39-34-32-30-28-26-24-22-20-18-16-14-12-10-8-6-4-2/h35-37,40H,3-34,38-39,41-42H2,1-2H3,(H,47,49)(H,48,50). The molecule has 0 aliphatic heterocycles. The van der Waals surface area contributed by atoms with Crippen molar-refractivity contribution in [1.29, 1.82) is 0 Å². The highest BCUT2D eigenvalue weighted by atomic mass is 16.2. The summed E-state index contributed by atoms with van der Waals surface area (Å²) in [7, 11) is 0. The number of amides is 2. The summed E-state index contributed by atoms with van der Waals surface area (Å²) in [4.78, 5) is 25.0. The van der Waals surface area contributed by atoms with Crippen molar-refractivity contribution in [3.8, 4) is 0 Å². The maximum Gasteiger partial charge on any atom is 0.224 e. The quantitative estimate of drug-likeness (QED) is 0.0676. The Labute approximate surface area is 311 Å². The van der Waals surface area contributed by atoms with Crippen LogP contribution < -0.4 is 10.6 Å². The Morgan fingerprint density at radius 1 is 0.380 bits per heavy atom. The number of benzene rings is 1. The van der Waals surface area contributed by atoms with Crippen molar-refractivity contribution in [1.82, 2.24) is 10.6 Å². The van der Waals surface area contributed by atoms with E-state index < -0.39 is 0 Å². The van der Waals surface area contributed by atoms with Gasteiger partial charge in [0.1, 0.15) is 0 Å². The van der Waals surface area contributed by atoms with Gasteiger partial charge in [0.25, 0.3) is 0 Å². The first-order valence-electron chi connectivity index (χ1n) is 22.3. The molecule has 50 heavy (non-hydrogen) atoms. The van der Waals surface area contributed by atoms with Crippen LogP contribution in [0.2, 0.25) is 0 Å². The first-order valence-corrected chi connectivity index (χ1v) is 22.3. The number of hydrogen-bond donors (Lipinski definition) is 2. The minimum atomic E-state index is 0.0797. The summed E-state index contributed by atoms with van der Waals surface area (Å²) >= 11 is 0. The van der Waals surface area contributed by atoms with Crippen LogP contribution in [0.25, 0.3) is 0 Å². The largest absolute Gasteiger partial charge is 0.356 e. The molecule has 0 aromatic heterocycles. The van der Waals surface area contributed by atoms with Gasteiger partial charge >= 0.3 is 0 Å². The van der Waals surface area contributed by atoms with E-state index in [0.717, 1.165) is 37.1 Å². The van der Waals surface area contributed by atoms with Crippen molar-refractivity contribution in [2.45, 2.75) is 232 Å². The van der Waals surface area contributed by atoms with E-state index in [1.54, 1.807) is 0 Å². The highest BCUT2D eigenvalue weighted by Crippen LogP contribution is 2.15. The molecule has 4 nitrogen and oxygen atoms in total. The van der Waals surface area contributed by atoms with Gasteiger partial charge < -0.3 is 10.6 Å². The Bertz CT molecular complexity index is 817. The van der Waals surface area contributed by atoms with E-state index in [1.165, 1.54) is 193 Å². The van der Waals surface area contributed by atoms with Crippen LogP contribution in [0.4, 0.5) is 0 Å². The van der Waals surface area contributed by atoms with Gasteiger partial charge in [-0.15, -0.1) is 0 Å². The molecule has 0 saturated heterocycles. The van der Waals surface area contributed by atoms with E-state index >= 15 is 0 Å². The van der Waals surface area contributed by atoms with Crippen molar-refractivity contribution in [2.75, 3.05) is 13.1 Å². The van der Waals surface area contributed by atoms with Gasteiger partial charge in [-0.25, -0.2) is 0 Å². The zero-order valence-corrected chi connectivity index (χ0v) is 33.6. The zero-order chi connectivity index (χ0) is 36.0. The van der Waals surface area contributed by atoms with Crippen molar-refractivity contribution < 1.29 is 9.59 Å². The molecule has 2 amide bonds. The van der Waals surface area contributed by atoms with Gasteiger partial charge in [0.05, 0.1) is 12.8 Å². The first-order chi connectivity index (χ1) is 24.7. The minimum Gasteiger partial charge on any atom is -0.356 e. The molecule has 290 valence electrons. The van der Waals surface area contributed by atoms with Gasteiger partial charge in [0.15, 0.2) is 0 Å². The number of hydrogen-bond acceptors (Lipinski definition) is 2. The summed E-state index contributed by atoms with van der Waals surface area (Å²) in [5.41, 5.74) is 1.97. The maximum atomic E-state index is 12.5. The second-order valence-electron chi connectivity index (χ2n) is 15.5. The van der Waals surface area contributed by atoms with Crippen molar-refractivity contribution in [3.05, 3.63) is 35.4 Å². The average Bonchev–Trinajstić information content (AvgIpc) is 3.11. The molecule has 1 aromatic carbocycles. The number of carbonyl (C=O) groups excluding carboxylic acids is 2. The van der Waals surface area contributed by atoms with Crippen LogP contribution in [-0.4, -0.2) is 24.9 Å². The van der Waals surface area contributed by atoms with Crippen molar-refractivity contribution >= 4 is 11.8 Å². The summed E-state index contributed by atoms with van der Waals surface area (Å²) in [6.45, 7) is 6.10. The fourth-order valence-corrected chi connectivity index (χ4v) is 7.15. The normalized spacial score (nSPS) is 11.2. The molecule has 0 spiro atoms.